The molecule has 2 aromatic carbocycles. The molecule has 0 aliphatic carbocycles. The summed E-state index contributed by atoms with van der Waals surface area (Å²) in [6, 6.07) is 12.1. The standard InChI is InChI=1S/C18H21N3O3/c1-13-5-6-16(12-14(13)2)20-18(22)4-3-11-19-15-7-9-17(10-8-15)21(23)24/h5-10,12,19H,3-4,11H2,1-2H3,(H,20,22). The van der Waals surface area contributed by atoms with Gasteiger partial charge < -0.3 is 10.6 Å². The van der Waals surface area contributed by atoms with E-state index in [1.165, 1.54) is 17.7 Å². The Labute approximate surface area is 141 Å². The first-order chi connectivity index (χ1) is 11.5. The fourth-order valence-electron chi connectivity index (χ4n) is 2.23. The quantitative estimate of drug-likeness (QED) is 0.456. The maximum Gasteiger partial charge on any atom is 0.269 e. The van der Waals surface area contributed by atoms with Crippen molar-refractivity contribution < 1.29 is 9.72 Å². The van der Waals surface area contributed by atoms with E-state index in [0.29, 0.717) is 19.4 Å². The number of carbonyl (C=O) groups is 1. The van der Waals surface area contributed by atoms with Gasteiger partial charge in [0.05, 0.1) is 4.92 Å². The number of nitrogens with zero attached hydrogens (tertiary/aromatic N) is 1. The predicted molar refractivity (Wildman–Crippen MR) is 95.4 cm³/mol. The second-order valence-corrected chi connectivity index (χ2v) is 5.68. The Morgan fingerprint density at radius 2 is 1.71 bits per heavy atom. The van der Waals surface area contributed by atoms with Crippen LogP contribution in [0.15, 0.2) is 42.5 Å². The van der Waals surface area contributed by atoms with Gasteiger partial charge in [0.15, 0.2) is 0 Å². The van der Waals surface area contributed by atoms with Crippen LogP contribution in [0.25, 0.3) is 0 Å². The molecule has 2 N–H and O–H groups in total. The Morgan fingerprint density at radius 1 is 1.04 bits per heavy atom. The van der Waals surface area contributed by atoms with Crippen molar-refractivity contribution in [1.29, 1.82) is 0 Å². The topological polar surface area (TPSA) is 84.3 Å². The molecule has 0 aliphatic rings. The second-order valence-electron chi connectivity index (χ2n) is 5.68. The van der Waals surface area contributed by atoms with E-state index in [-0.39, 0.29) is 11.6 Å². The zero-order valence-corrected chi connectivity index (χ0v) is 13.8. The summed E-state index contributed by atoms with van der Waals surface area (Å²) >= 11 is 0. The molecule has 0 radical (unpaired) electrons. The number of rotatable bonds is 7. The molecule has 1 amide bonds. The van der Waals surface area contributed by atoms with E-state index >= 15 is 0 Å². The number of hydrogen-bond donors (Lipinski definition) is 2. The lowest BCUT2D eigenvalue weighted by atomic mass is 10.1. The van der Waals surface area contributed by atoms with Gasteiger partial charge in [-0.3, -0.25) is 14.9 Å². The number of carbonyl (C=O) groups excluding carboxylic acids is 1. The highest BCUT2D eigenvalue weighted by molar-refractivity contribution is 5.90. The van der Waals surface area contributed by atoms with Crippen LogP contribution in [0.1, 0.15) is 24.0 Å². The van der Waals surface area contributed by atoms with E-state index in [9.17, 15) is 14.9 Å². The zero-order chi connectivity index (χ0) is 17.5. The van der Waals surface area contributed by atoms with Crippen LogP contribution in [0.3, 0.4) is 0 Å². The largest absolute Gasteiger partial charge is 0.385 e. The molecule has 0 saturated carbocycles. The summed E-state index contributed by atoms with van der Waals surface area (Å²) < 4.78 is 0. The highest BCUT2D eigenvalue weighted by Crippen LogP contribution is 2.16. The first kappa shape index (κ1) is 17.5. The van der Waals surface area contributed by atoms with Crippen LogP contribution in [0.5, 0.6) is 0 Å². The van der Waals surface area contributed by atoms with Gasteiger partial charge in [-0.05, 0) is 55.7 Å². The molecule has 0 saturated heterocycles. The van der Waals surface area contributed by atoms with Crippen molar-refractivity contribution in [3.63, 3.8) is 0 Å². The normalized spacial score (nSPS) is 10.2. The second kappa shape index (κ2) is 8.10. The van der Waals surface area contributed by atoms with Gasteiger partial charge in [0.1, 0.15) is 0 Å². The van der Waals surface area contributed by atoms with Crippen molar-refractivity contribution in [2.24, 2.45) is 0 Å². The van der Waals surface area contributed by atoms with E-state index in [0.717, 1.165) is 16.9 Å². The van der Waals surface area contributed by atoms with Crippen molar-refractivity contribution in [2.75, 3.05) is 17.2 Å². The monoisotopic (exact) mass is 327 g/mol. The van der Waals surface area contributed by atoms with Crippen molar-refractivity contribution in [2.45, 2.75) is 26.7 Å². The number of nitro benzene ring substituents is 1. The van der Waals surface area contributed by atoms with Crippen molar-refractivity contribution >= 4 is 23.0 Å². The van der Waals surface area contributed by atoms with E-state index in [2.05, 4.69) is 10.6 Å². The lowest BCUT2D eigenvalue weighted by Crippen LogP contribution is -2.13. The number of benzene rings is 2. The van der Waals surface area contributed by atoms with Gasteiger partial charge >= 0.3 is 0 Å². The Hall–Kier alpha value is -2.89. The highest BCUT2D eigenvalue weighted by Gasteiger charge is 2.05. The van der Waals surface area contributed by atoms with Crippen LogP contribution >= 0.6 is 0 Å². The maximum absolute atomic E-state index is 11.9. The third-order valence-corrected chi connectivity index (χ3v) is 3.78. The Kier molecular flexibility index (Phi) is 5.89. The molecular weight excluding hydrogens is 306 g/mol. The smallest absolute Gasteiger partial charge is 0.269 e. The van der Waals surface area contributed by atoms with E-state index < -0.39 is 4.92 Å². The van der Waals surface area contributed by atoms with E-state index in [1.807, 2.05) is 32.0 Å². The van der Waals surface area contributed by atoms with Crippen molar-refractivity contribution in [1.82, 2.24) is 0 Å². The molecule has 0 spiro atoms. The minimum absolute atomic E-state index is 0.0243. The van der Waals surface area contributed by atoms with Gasteiger partial charge in [0.2, 0.25) is 5.91 Å². The predicted octanol–water partition coefficient (Wildman–Crippen LogP) is 4.04. The molecule has 6 nitrogen and oxygen atoms in total. The number of nitrogens with one attached hydrogen (secondary N) is 2. The van der Waals surface area contributed by atoms with Crippen LogP contribution in [0.2, 0.25) is 0 Å². The van der Waals surface area contributed by atoms with Crippen LogP contribution in [0, 0.1) is 24.0 Å². The molecule has 126 valence electrons. The summed E-state index contributed by atoms with van der Waals surface area (Å²) in [6.45, 7) is 4.67. The van der Waals surface area contributed by atoms with E-state index in [4.69, 9.17) is 0 Å². The lowest BCUT2D eigenvalue weighted by Gasteiger charge is -2.08. The van der Waals surface area contributed by atoms with Crippen molar-refractivity contribution in [3.8, 4) is 0 Å². The fourth-order valence-corrected chi connectivity index (χ4v) is 2.23. The Morgan fingerprint density at radius 3 is 2.33 bits per heavy atom. The van der Waals surface area contributed by atoms with Gasteiger partial charge in [-0.2, -0.15) is 0 Å². The number of non-ortho nitro benzene ring substituents is 1. The zero-order valence-electron chi connectivity index (χ0n) is 13.8. The van der Waals surface area contributed by atoms with Crippen LogP contribution in [-0.2, 0) is 4.79 Å². The van der Waals surface area contributed by atoms with Gasteiger partial charge in [-0.15, -0.1) is 0 Å². The average Bonchev–Trinajstić information content (AvgIpc) is 2.55. The van der Waals surface area contributed by atoms with Crippen molar-refractivity contribution in [3.05, 3.63) is 63.7 Å². The Balaban J connectivity index is 1.72. The molecule has 0 atom stereocenters. The maximum atomic E-state index is 11.9. The molecule has 0 fully saturated rings. The molecule has 0 aliphatic heterocycles. The molecule has 0 heterocycles. The molecule has 24 heavy (non-hydrogen) atoms. The van der Waals surface area contributed by atoms with Crippen LogP contribution < -0.4 is 10.6 Å². The summed E-state index contributed by atoms with van der Waals surface area (Å²) in [4.78, 5) is 22.1. The number of hydrogen-bond acceptors (Lipinski definition) is 4. The number of nitro groups is 1. The minimum atomic E-state index is -0.430. The minimum Gasteiger partial charge on any atom is -0.385 e. The van der Waals surface area contributed by atoms with E-state index in [1.54, 1.807) is 12.1 Å². The summed E-state index contributed by atoms with van der Waals surface area (Å²) in [5.74, 6) is -0.0243. The number of amides is 1. The Bertz CT molecular complexity index is 727. The molecule has 2 aromatic rings. The van der Waals surface area contributed by atoms with Gasteiger partial charge in [0, 0.05) is 36.5 Å². The molecule has 0 unspecified atom stereocenters. The average molecular weight is 327 g/mol. The highest BCUT2D eigenvalue weighted by atomic mass is 16.6. The third-order valence-electron chi connectivity index (χ3n) is 3.78. The van der Waals surface area contributed by atoms with Gasteiger partial charge in [0.25, 0.3) is 5.69 Å². The summed E-state index contributed by atoms with van der Waals surface area (Å²) in [5.41, 5.74) is 4.02. The fraction of sp³-hybridized carbons (Fsp3) is 0.278. The number of aryl methyl sites for hydroxylation is 2. The van der Waals surface area contributed by atoms with Gasteiger partial charge in [-0.1, -0.05) is 6.07 Å². The third kappa shape index (κ3) is 5.08. The summed E-state index contributed by atoms with van der Waals surface area (Å²) in [5, 5.41) is 16.6. The molecule has 0 bridgehead atoms. The van der Waals surface area contributed by atoms with Crippen LogP contribution in [0.4, 0.5) is 17.1 Å². The van der Waals surface area contributed by atoms with Crippen LogP contribution in [-0.4, -0.2) is 17.4 Å². The number of anilines is 2. The molecular formula is C18H21N3O3. The summed E-state index contributed by atoms with van der Waals surface area (Å²) in [7, 11) is 0. The SMILES string of the molecule is Cc1ccc(NC(=O)CCCNc2ccc([N+](=O)[O-])cc2)cc1C. The molecule has 6 heteroatoms. The first-order valence-electron chi connectivity index (χ1n) is 7.81. The lowest BCUT2D eigenvalue weighted by molar-refractivity contribution is -0.384. The molecule has 2 rings (SSSR count). The summed E-state index contributed by atoms with van der Waals surface area (Å²) in [6.07, 6.45) is 1.08. The molecule has 0 aromatic heterocycles. The first-order valence-corrected chi connectivity index (χ1v) is 7.81. The van der Waals surface area contributed by atoms with Gasteiger partial charge in [-0.25, -0.2) is 0 Å².